The molecule has 4 unspecified atom stereocenters. The molecule has 1 nitrogen and oxygen atoms in total. The third-order valence-electron chi connectivity index (χ3n) is 7.72. The second kappa shape index (κ2) is 12.0. The second-order valence-electron chi connectivity index (χ2n) is 10.5. The van der Waals surface area contributed by atoms with Gasteiger partial charge in [-0.05, 0) is 81.9 Å². The zero-order valence-corrected chi connectivity index (χ0v) is 21.2. The van der Waals surface area contributed by atoms with Crippen LogP contribution in [0, 0.1) is 11.8 Å². The summed E-state index contributed by atoms with van der Waals surface area (Å²) in [5.74, 6) is -5.15. The van der Waals surface area contributed by atoms with Crippen molar-refractivity contribution in [1.82, 2.24) is 4.90 Å². The Kier molecular flexibility index (Phi) is 9.53. The zero-order valence-electron chi connectivity index (χ0n) is 21.2. The second-order valence-corrected chi connectivity index (χ2v) is 10.5. The Hall–Kier alpha value is -2.02. The number of hydrogen-bond acceptors (Lipinski definition) is 1. The summed E-state index contributed by atoms with van der Waals surface area (Å²) in [7, 11) is 0. The average Bonchev–Trinajstić information content (AvgIpc) is 2.82. The van der Waals surface area contributed by atoms with Crippen LogP contribution in [0.3, 0.4) is 0 Å². The van der Waals surface area contributed by atoms with Gasteiger partial charge in [0.15, 0.2) is 0 Å². The van der Waals surface area contributed by atoms with Crippen molar-refractivity contribution in [2.45, 2.75) is 89.7 Å². The predicted molar refractivity (Wildman–Crippen MR) is 132 cm³/mol. The van der Waals surface area contributed by atoms with E-state index in [0.29, 0.717) is 17.6 Å². The Labute approximate surface area is 210 Å². The molecule has 0 amide bonds. The van der Waals surface area contributed by atoms with Gasteiger partial charge in [0.25, 0.3) is 0 Å². The van der Waals surface area contributed by atoms with E-state index >= 15 is 0 Å². The molecule has 1 fully saturated rings. The number of nitrogens with zero attached hydrogens (tertiary/aromatic N) is 1. The van der Waals surface area contributed by atoms with Gasteiger partial charge >= 0.3 is 12.4 Å². The molecule has 0 heterocycles. The van der Waals surface area contributed by atoms with Crippen molar-refractivity contribution >= 4 is 0 Å². The predicted octanol–water partition coefficient (Wildman–Crippen LogP) is 8.59. The molecule has 2 aromatic rings. The standard InChI is InChI=1S/C29H37F6N/c1-20(2)36(18-17-22-7-5-4-6-8-22)21(3)9-10-23-11-13-24(14-12-23)25-15-16-26(28(30,31)32)27(19-25)29(33,34)35/h4-8,11-14,20-21,25-27H,9-10,15-19H2,1-3H3. The normalized spacial score (nSPS) is 22.2. The van der Waals surface area contributed by atoms with Gasteiger partial charge in [0, 0.05) is 18.6 Å². The maximum atomic E-state index is 13.4. The highest BCUT2D eigenvalue weighted by Crippen LogP contribution is 2.52. The minimum atomic E-state index is -4.85. The lowest BCUT2D eigenvalue weighted by Crippen LogP contribution is -2.42. The van der Waals surface area contributed by atoms with E-state index in [-0.39, 0.29) is 6.42 Å². The van der Waals surface area contributed by atoms with Crippen molar-refractivity contribution in [1.29, 1.82) is 0 Å². The topological polar surface area (TPSA) is 3.24 Å². The number of aryl methyl sites for hydroxylation is 1. The Balaban J connectivity index is 1.57. The van der Waals surface area contributed by atoms with Crippen LogP contribution in [-0.4, -0.2) is 35.9 Å². The van der Waals surface area contributed by atoms with Crippen LogP contribution in [0.5, 0.6) is 0 Å². The van der Waals surface area contributed by atoms with E-state index in [2.05, 4.69) is 37.8 Å². The van der Waals surface area contributed by atoms with Crippen molar-refractivity contribution in [3.8, 4) is 0 Å². The summed E-state index contributed by atoms with van der Waals surface area (Å²) < 4.78 is 79.8. The van der Waals surface area contributed by atoms with Gasteiger partial charge in [0.2, 0.25) is 0 Å². The SMILES string of the molecule is CC(C)N(CCc1ccccc1)C(C)CCc1ccc(C2CCC(C(F)(F)F)C(C(F)(F)F)C2)cc1. The van der Waals surface area contributed by atoms with Gasteiger partial charge in [-0.15, -0.1) is 0 Å². The van der Waals surface area contributed by atoms with E-state index in [4.69, 9.17) is 0 Å². The third kappa shape index (κ3) is 7.74. The van der Waals surface area contributed by atoms with Crippen LogP contribution >= 0.6 is 0 Å². The van der Waals surface area contributed by atoms with E-state index in [1.807, 2.05) is 42.5 Å². The van der Waals surface area contributed by atoms with Crippen molar-refractivity contribution in [2.75, 3.05) is 6.54 Å². The highest BCUT2D eigenvalue weighted by molar-refractivity contribution is 5.26. The molecule has 0 aromatic heterocycles. The number of benzene rings is 2. The maximum Gasteiger partial charge on any atom is 0.392 e. The summed E-state index contributed by atoms with van der Waals surface area (Å²) in [6.07, 6.45) is -7.78. The summed E-state index contributed by atoms with van der Waals surface area (Å²) in [6.45, 7) is 7.56. The summed E-state index contributed by atoms with van der Waals surface area (Å²) >= 11 is 0. The fraction of sp³-hybridized carbons (Fsp3) is 0.586. The van der Waals surface area contributed by atoms with Crippen LogP contribution in [0.25, 0.3) is 0 Å². The van der Waals surface area contributed by atoms with E-state index in [1.165, 1.54) is 5.56 Å². The molecule has 0 bridgehead atoms. The van der Waals surface area contributed by atoms with E-state index in [0.717, 1.165) is 31.4 Å². The van der Waals surface area contributed by atoms with Crippen LogP contribution in [0.4, 0.5) is 26.3 Å². The van der Waals surface area contributed by atoms with E-state index in [1.54, 1.807) is 0 Å². The largest absolute Gasteiger partial charge is 0.392 e. The fourth-order valence-corrected chi connectivity index (χ4v) is 5.62. The van der Waals surface area contributed by atoms with E-state index < -0.39 is 42.9 Å². The molecule has 2 aromatic carbocycles. The van der Waals surface area contributed by atoms with Crippen molar-refractivity contribution in [3.05, 3.63) is 71.3 Å². The van der Waals surface area contributed by atoms with Gasteiger partial charge in [-0.25, -0.2) is 0 Å². The Morgan fingerprint density at radius 3 is 1.89 bits per heavy atom. The van der Waals surface area contributed by atoms with Crippen molar-refractivity contribution in [2.24, 2.45) is 11.8 Å². The average molecular weight is 514 g/mol. The molecular formula is C29H37F6N. The molecule has 0 spiro atoms. The van der Waals surface area contributed by atoms with Crippen LogP contribution in [-0.2, 0) is 12.8 Å². The lowest BCUT2D eigenvalue weighted by molar-refractivity contribution is -0.263. The van der Waals surface area contributed by atoms with Gasteiger partial charge in [-0.2, -0.15) is 26.3 Å². The molecule has 4 atom stereocenters. The molecule has 3 rings (SSSR count). The summed E-state index contributed by atoms with van der Waals surface area (Å²) in [5, 5.41) is 0. The highest BCUT2D eigenvalue weighted by Gasteiger charge is 2.56. The van der Waals surface area contributed by atoms with Gasteiger partial charge in [0.05, 0.1) is 11.8 Å². The van der Waals surface area contributed by atoms with E-state index in [9.17, 15) is 26.3 Å². The molecule has 0 aliphatic heterocycles. The smallest absolute Gasteiger partial charge is 0.298 e. The van der Waals surface area contributed by atoms with Crippen molar-refractivity contribution < 1.29 is 26.3 Å². The molecule has 1 aliphatic rings. The molecule has 1 aliphatic carbocycles. The minimum Gasteiger partial charge on any atom is -0.298 e. The number of halogens is 6. The summed E-state index contributed by atoms with van der Waals surface area (Å²) in [4.78, 5) is 2.48. The van der Waals surface area contributed by atoms with Crippen LogP contribution in [0.15, 0.2) is 54.6 Å². The summed E-state index contributed by atoms with van der Waals surface area (Å²) in [5.41, 5.74) is 3.10. The van der Waals surface area contributed by atoms with Gasteiger partial charge in [0.1, 0.15) is 0 Å². The van der Waals surface area contributed by atoms with Gasteiger partial charge in [-0.3, -0.25) is 4.90 Å². The quantitative estimate of drug-likeness (QED) is 0.304. The molecule has 0 saturated heterocycles. The molecule has 7 heteroatoms. The van der Waals surface area contributed by atoms with Crippen LogP contribution in [0.1, 0.15) is 69.1 Å². The third-order valence-corrected chi connectivity index (χ3v) is 7.72. The number of hydrogen-bond donors (Lipinski definition) is 0. The fourth-order valence-electron chi connectivity index (χ4n) is 5.62. The Morgan fingerprint density at radius 2 is 1.33 bits per heavy atom. The van der Waals surface area contributed by atoms with Crippen LogP contribution in [0.2, 0.25) is 0 Å². The van der Waals surface area contributed by atoms with Gasteiger partial charge < -0.3 is 0 Å². The molecular weight excluding hydrogens is 476 g/mol. The first-order valence-corrected chi connectivity index (χ1v) is 12.9. The number of rotatable bonds is 9. The minimum absolute atomic E-state index is 0.123. The molecule has 0 radical (unpaired) electrons. The molecule has 36 heavy (non-hydrogen) atoms. The van der Waals surface area contributed by atoms with Crippen LogP contribution < -0.4 is 0 Å². The lowest BCUT2D eigenvalue weighted by atomic mass is 9.71. The monoisotopic (exact) mass is 513 g/mol. The first-order chi connectivity index (χ1) is 16.9. The first kappa shape index (κ1) is 28.5. The highest BCUT2D eigenvalue weighted by atomic mass is 19.4. The van der Waals surface area contributed by atoms with Crippen molar-refractivity contribution in [3.63, 3.8) is 0 Å². The zero-order chi connectivity index (χ0) is 26.5. The molecule has 0 N–H and O–H groups in total. The number of alkyl halides is 6. The lowest BCUT2D eigenvalue weighted by Gasteiger charge is -2.38. The molecule has 200 valence electrons. The molecule has 1 saturated carbocycles. The maximum absolute atomic E-state index is 13.4. The Bertz CT molecular complexity index is 920. The first-order valence-electron chi connectivity index (χ1n) is 12.9. The Morgan fingerprint density at radius 1 is 0.750 bits per heavy atom. The van der Waals surface area contributed by atoms with Gasteiger partial charge in [-0.1, -0.05) is 54.6 Å². The summed E-state index contributed by atoms with van der Waals surface area (Å²) in [6, 6.07) is 18.6.